The van der Waals surface area contributed by atoms with Crippen LogP contribution >= 0.6 is 0 Å². The van der Waals surface area contributed by atoms with Crippen LogP contribution in [0.4, 0.5) is 17.3 Å². The number of anilines is 1. The Hall–Kier alpha value is -3.72. The van der Waals surface area contributed by atoms with Crippen molar-refractivity contribution in [2.24, 2.45) is 10.2 Å². The zero-order chi connectivity index (χ0) is 17.8. The van der Waals surface area contributed by atoms with Gasteiger partial charge in [-0.25, -0.2) is 0 Å². The van der Waals surface area contributed by atoms with Crippen LogP contribution in [-0.2, 0) is 0 Å². The number of azo groups is 1. The molecule has 0 saturated heterocycles. The van der Waals surface area contributed by atoms with Gasteiger partial charge in [-0.3, -0.25) is 4.79 Å². The Labute approximate surface area is 143 Å². The number of hydrogen-bond donors (Lipinski definition) is 1. The van der Waals surface area contributed by atoms with Crippen molar-refractivity contribution in [1.29, 1.82) is 5.26 Å². The lowest BCUT2D eigenvalue weighted by molar-refractivity contribution is 0.584. The average Bonchev–Trinajstić information content (AvgIpc) is 2.63. The lowest BCUT2D eigenvalue weighted by atomic mass is 10.1. The molecule has 0 spiro atoms. The minimum absolute atomic E-state index is 0.0578. The molecule has 0 unspecified atom stereocenters. The van der Waals surface area contributed by atoms with Crippen molar-refractivity contribution in [2.45, 2.75) is 6.92 Å². The molecule has 0 bridgehead atoms. The molecule has 6 nitrogen and oxygen atoms in total. The van der Waals surface area contributed by atoms with Gasteiger partial charge in [0.2, 0.25) is 11.3 Å². The minimum Gasteiger partial charge on any atom is -0.437 e. The van der Waals surface area contributed by atoms with E-state index < -0.39 is 5.43 Å². The third kappa shape index (κ3) is 3.31. The van der Waals surface area contributed by atoms with Gasteiger partial charge in [0.1, 0.15) is 6.07 Å². The summed E-state index contributed by atoms with van der Waals surface area (Å²) in [5.74, 6) is -0.0569. The van der Waals surface area contributed by atoms with Gasteiger partial charge in [0, 0.05) is 5.56 Å². The molecule has 0 radical (unpaired) electrons. The summed E-state index contributed by atoms with van der Waals surface area (Å²) in [5, 5.41) is 17.3. The molecule has 0 atom stereocenters. The Morgan fingerprint density at radius 2 is 1.72 bits per heavy atom. The molecule has 2 aromatic carbocycles. The van der Waals surface area contributed by atoms with E-state index in [-0.39, 0.29) is 22.9 Å². The highest BCUT2D eigenvalue weighted by molar-refractivity contribution is 5.73. The van der Waals surface area contributed by atoms with Gasteiger partial charge >= 0.3 is 0 Å². The third-order valence-electron chi connectivity index (χ3n) is 3.56. The van der Waals surface area contributed by atoms with Crippen LogP contribution in [0.3, 0.4) is 0 Å². The minimum atomic E-state index is -0.610. The van der Waals surface area contributed by atoms with E-state index >= 15 is 0 Å². The molecule has 25 heavy (non-hydrogen) atoms. The first-order chi connectivity index (χ1) is 12.1. The standard InChI is InChI=1S/C19H14N4O2/c1-12-7-9-14(10-8-12)22-23-16-17(24)15(11-20)19(21)25-18(16)13-5-3-2-4-6-13/h2-10H,21H2,1H3. The third-order valence-corrected chi connectivity index (χ3v) is 3.56. The SMILES string of the molecule is Cc1ccc(N=Nc2c(-c3ccccc3)oc(N)c(C#N)c2=O)cc1. The fraction of sp³-hybridized carbons (Fsp3) is 0.0526. The molecule has 6 heteroatoms. The average molecular weight is 330 g/mol. The predicted molar refractivity (Wildman–Crippen MR) is 94.9 cm³/mol. The fourth-order valence-corrected chi connectivity index (χ4v) is 2.24. The summed E-state index contributed by atoms with van der Waals surface area (Å²) in [7, 11) is 0. The topological polar surface area (TPSA) is 105 Å². The first-order valence-corrected chi connectivity index (χ1v) is 7.50. The van der Waals surface area contributed by atoms with E-state index in [1.54, 1.807) is 42.5 Å². The van der Waals surface area contributed by atoms with Crippen molar-refractivity contribution in [3.8, 4) is 17.4 Å². The maximum Gasteiger partial charge on any atom is 0.233 e. The quantitative estimate of drug-likeness (QED) is 0.714. The number of nitrogens with zero attached hydrogens (tertiary/aromatic N) is 3. The summed E-state index contributed by atoms with van der Waals surface area (Å²) in [5.41, 5.74) is 7.04. The lowest BCUT2D eigenvalue weighted by Gasteiger charge is -2.06. The Bertz CT molecular complexity index is 1030. The molecule has 3 aromatic rings. The Kier molecular flexibility index (Phi) is 4.40. The van der Waals surface area contributed by atoms with Crippen LogP contribution in [0.5, 0.6) is 0 Å². The number of aryl methyl sites for hydroxylation is 1. The van der Waals surface area contributed by atoms with Gasteiger partial charge in [-0.05, 0) is 19.1 Å². The highest BCUT2D eigenvalue weighted by Crippen LogP contribution is 2.31. The van der Waals surface area contributed by atoms with Crippen molar-refractivity contribution in [2.75, 3.05) is 5.73 Å². The van der Waals surface area contributed by atoms with Crippen molar-refractivity contribution in [3.05, 3.63) is 75.9 Å². The second kappa shape index (κ2) is 6.81. The number of nitrogen functional groups attached to an aromatic ring is 1. The van der Waals surface area contributed by atoms with Gasteiger partial charge in [-0.2, -0.15) is 10.4 Å². The highest BCUT2D eigenvalue weighted by atomic mass is 16.4. The predicted octanol–water partition coefficient (Wildman–Crippen LogP) is 4.48. The lowest BCUT2D eigenvalue weighted by Crippen LogP contribution is -2.10. The van der Waals surface area contributed by atoms with E-state index in [1.807, 2.05) is 25.1 Å². The van der Waals surface area contributed by atoms with E-state index in [2.05, 4.69) is 10.2 Å². The highest BCUT2D eigenvalue weighted by Gasteiger charge is 2.19. The van der Waals surface area contributed by atoms with Gasteiger partial charge in [-0.15, -0.1) is 5.11 Å². The molecular weight excluding hydrogens is 316 g/mol. The van der Waals surface area contributed by atoms with Gasteiger partial charge in [0.15, 0.2) is 17.0 Å². The van der Waals surface area contributed by atoms with Gasteiger partial charge < -0.3 is 10.2 Å². The first-order valence-electron chi connectivity index (χ1n) is 7.50. The second-order valence-corrected chi connectivity index (χ2v) is 5.36. The summed E-state index contributed by atoms with van der Waals surface area (Å²) in [6, 6.07) is 18.0. The van der Waals surface area contributed by atoms with Crippen LogP contribution in [0.25, 0.3) is 11.3 Å². The van der Waals surface area contributed by atoms with Crippen LogP contribution in [0.15, 0.2) is 74.0 Å². The number of hydrogen-bond acceptors (Lipinski definition) is 6. The zero-order valence-electron chi connectivity index (χ0n) is 13.4. The number of benzene rings is 2. The monoisotopic (exact) mass is 330 g/mol. The molecule has 1 aromatic heterocycles. The smallest absolute Gasteiger partial charge is 0.233 e. The molecule has 2 N–H and O–H groups in total. The molecule has 0 amide bonds. The van der Waals surface area contributed by atoms with Crippen LogP contribution in [0.2, 0.25) is 0 Å². The molecule has 3 rings (SSSR count). The van der Waals surface area contributed by atoms with E-state index in [4.69, 9.17) is 15.4 Å². The van der Waals surface area contributed by atoms with Crippen molar-refractivity contribution >= 4 is 17.3 Å². The van der Waals surface area contributed by atoms with E-state index in [9.17, 15) is 4.79 Å². The number of nitriles is 1. The summed E-state index contributed by atoms with van der Waals surface area (Å²) in [4.78, 5) is 12.6. The van der Waals surface area contributed by atoms with E-state index in [0.717, 1.165) is 5.56 Å². The van der Waals surface area contributed by atoms with Crippen LogP contribution < -0.4 is 11.2 Å². The van der Waals surface area contributed by atoms with E-state index in [1.165, 1.54) is 0 Å². The van der Waals surface area contributed by atoms with E-state index in [0.29, 0.717) is 11.3 Å². The van der Waals surface area contributed by atoms with Gasteiger partial charge in [-0.1, -0.05) is 48.0 Å². The molecule has 0 aliphatic carbocycles. The second-order valence-electron chi connectivity index (χ2n) is 5.36. The molecule has 1 heterocycles. The summed E-state index contributed by atoms with van der Waals surface area (Å²) in [6.45, 7) is 1.96. The summed E-state index contributed by atoms with van der Waals surface area (Å²) in [6.07, 6.45) is 0. The number of rotatable bonds is 3. The Morgan fingerprint density at radius 3 is 2.36 bits per heavy atom. The van der Waals surface area contributed by atoms with Gasteiger partial charge in [0.25, 0.3) is 0 Å². The van der Waals surface area contributed by atoms with Crippen LogP contribution in [-0.4, -0.2) is 0 Å². The number of nitrogens with two attached hydrogens (primary N) is 1. The van der Waals surface area contributed by atoms with Gasteiger partial charge in [0.05, 0.1) is 5.69 Å². The fourth-order valence-electron chi connectivity index (χ4n) is 2.24. The molecule has 0 aliphatic rings. The zero-order valence-corrected chi connectivity index (χ0v) is 13.4. The van der Waals surface area contributed by atoms with Crippen LogP contribution in [0, 0.1) is 18.3 Å². The van der Waals surface area contributed by atoms with Crippen LogP contribution in [0.1, 0.15) is 11.1 Å². The Balaban J connectivity index is 2.18. The first kappa shape index (κ1) is 16.1. The molecule has 0 aliphatic heterocycles. The maximum atomic E-state index is 12.6. The van der Waals surface area contributed by atoms with Crippen molar-refractivity contribution in [1.82, 2.24) is 0 Å². The largest absolute Gasteiger partial charge is 0.437 e. The summed E-state index contributed by atoms with van der Waals surface area (Å²) < 4.78 is 5.51. The molecule has 0 saturated carbocycles. The maximum absolute atomic E-state index is 12.6. The molecular formula is C19H14N4O2. The molecule has 122 valence electrons. The van der Waals surface area contributed by atoms with Crippen molar-refractivity contribution < 1.29 is 4.42 Å². The summed E-state index contributed by atoms with van der Waals surface area (Å²) >= 11 is 0. The normalized spacial score (nSPS) is 10.7. The Morgan fingerprint density at radius 1 is 1.04 bits per heavy atom. The molecule has 0 fully saturated rings. The van der Waals surface area contributed by atoms with Crippen molar-refractivity contribution in [3.63, 3.8) is 0 Å².